The van der Waals surface area contributed by atoms with Crippen LogP contribution in [0.15, 0.2) is 18.5 Å². The van der Waals surface area contributed by atoms with Crippen LogP contribution in [0.5, 0.6) is 0 Å². The molecule has 0 radical (unpaired) electrons. The Hall–Kier alpha value is -2.75. The number of fused-ring (bicyclic) bond motifs is 3. The number of hydrogen-bond acceptors (Lipinski definition) is 5. The van der Waals surface area contributed by atoms with E-state index in [1.54, 1.807) is 6.20 Å². The van der Waals surface area contributed by atoms with Crippen molar-refractivity contribution in [2.45, 2.75) is 38.0 Å². The summed E-state index contributed by atoms with van der Waals surface area (Å²) in [6, 6.07) is 3.91. The van der Waals surface area contributed by atoms with Gasteiger partial charge in [-0.1, -0.05) is 0 Å². The molecular formula is C16H16N6O. The molecule has 1 saturated carbocycles. The van der Waals surface area contributed by atoms with Gasteiger partial charge in [-0.15, -0.1) is 10.2 Å². The summed E-state index contributed by atoms with van der Waals surface area (Å²) in [7, 11) is 0. The van der Waals surface area contributed by atoms with E-state index in [-0.39, 0.29) is 12.2 Å². The Kier molecular flexibility index (Phi) is 3.30. The van der Waals surface area contributed by atoms with Crippen LogP contribution in [0.4, 0.5) is 0 Å². The third-order valence-electron chi connectivity index (χ3n) is 4.67. The first-order chi connectivity index (χ1) is 11.3. The first kappa shape index (κ1) is 13.9. The summed E-state index contributed by atoms with van der Waals surface area (Å²) in [5, 5.41) is 17.2. The lowest BCUT2D eigenvalue weighted by Crippen LogP contribution is -2.06. The summed E-state index contributed by atoms with van der Waals surface area (Å²) >= 11 is 0. The second kappa shape index (κ2) is 5.47. The zero-order chi connectivity index (χ0) is 15.8. The highest BCUT2D eigenvalue weighted by Crippen LogP contribution is 2.39. The van der Waals surface area contributed by atoms with Gasteiger partial charge in [0.25, 0.3) is 0 Å². The van der Waals surface area contributed by atoms with Crippen LogP contribution in [0.1, 0.15) is 43.8 Å². The molecule has 23 heavy (non-hydrogen) atoms. The van der Waals surface area contributed by atoms with Crippen molar-refractivity contribution in [2.24, 2.45) is 5.92 Å². The molecule has 0 unspecified atom stereocenters. The van der Waals surface area contributed by atoms with Crippen LogP contribution in [0.3, 0.4) is 0 Å². The summed E-state index contributed by atoms with van der Waals surface area (Å²) in [5.74, 6) is 1.63. The topological polar surface area (TPSA) is 99.7 Å². The van der Waals surface area contributed by atoms with Gasteiger partial charge in [-0.25, -0.2) is 4.98 Å². The smallest absolute Gasteiger partial charge is 0.179 e. The summed E-state index contributed by atoms with van der Waals surface area (Å²) in [6.07, 6.45) is 7.02. The molecule has 116 valence electrons. The molecule has 1 aliphatic carbocycles. The number of nitrogens with zero attached hydrogens (tertiary/aromatic N) is 5. The Bertz CT molecular complexity index is 918. The summed E-state index contributed by atoms with van der Waals surface area (Å²) in [4.78, 5) is 19.1. The minimum atomic E-state index is 0.0185. The molecule has 0 bridgehead atoms. The highest BCUT2D eigenvalue weighted by Gasteiger charge is 2.30. The predicted molar refractivity (Wildman–Crippen MR) is 82.6 cm³/mol. The number of H-pyrrole nitrogens is 1. The number of carbonyl (C=O) groups excluding carboxylic acids is 1. The molecule has 2 atom stereocenters. The number of aromatic nitrogens is 5. The molecule has 1 aliphatic rings. The number of ketones is 1. The average molecular weight is 308 g/mol. The van der Waals surface area contributed by atoms with Gasteiger partial charge in [-0.05, 0) is 31.2 Å². The number of rotatable bonds is 4. The molecule has 0 amide bonds. The second-order valence-electron chi connectivity index (χ2n) is 6.18. The Morgan fingerprint density at radius 1 is 1.43 bits per heavy atom. The lowest BCUT2D eigenvalue weighted by atomic mass is 9.98. The van der Waals surface area contributed by atoms with Crippen LogP contribution >= 0.6 is 0 Å². The predicted octanol–water partition coefficient (Wildman–Crippen LogP) is 2.36. The third kappa shape index (κ3) is 2.36. The highest BCUT2D eigenvalue weighted by atomic mass is 16.1. The van der Waals surface area contributed by atoms with E-state index >= 15 is 0 Å². The monoisotopic (exact) mass is 308 g/mol. The first-order valence-corrected chi connectivity index (χ1v) is 7.82. The van der Waals surface area contributed by atoms with Gasteiger partial charge in [-0.3, -0.25) is 9.20 Å². The average Bonchev–Trinajstić information content (AvgIpc) is 3.24. The fraction of sp³-hybridized carbons (Fsp3) is 0.438. The standard InChI is InChI=1S/C16H16N6O/c17-5-3-12(23)8-10-1-2-11(7-10)16-21-20-14-9-19-15-13(22(14)16)4-6-18-15/h4,6,9-11,18H,1-3,7-8H2/t10-,11-/m1/s1. The van der Waals surface area contributed by atoms with E-state index in [1.165, 1.54) is 0 Å². The minimum absolute atomic E-state index is 0.0185. The Balaban J connectivity index is 1.62. The summed E-state index contributed by atoms with van der Waals surface area (Å²) in [6.45, 7) is 0. The molecule has 1 N–H and O–H groups in total. The van der Waals surface area contributed by atoms with Crippen LogP contribution in [-0.2, 0) is 4.79 Å². The number of aromatic amines is 1. The van der Waals surface area contributed by atoms with Crippen molar-refractivity contribution in [3.63, 3.8) is 0 Å². The van der Waals surface area contributed by atoms with Gasteiger partial charge in [-0.2, -0.15) is 5.26 Å². The number of nitrogens with one attached hydrogen (secondary N) is 1. The molecule has 0 saturated heterocycles. The van der Waals surface area contributed by atoms with E-state index in [4.69, 9.17) is 5.26 Å². The number of Topliss-reactive ketones (excluding diaryl/α,β-unsaturated/α-hetero) is 1. The molecule has 7 heteroatoms. The van der Waals surface area contributed by atoms with Crippen LogP contribution in [-0.4, -0.2) is 30.3 Å². The van der Waals surface area contributed by atoms with Crippen molar-refractivity contribution < 1.29 is 4.79 Å². The molecule has 3 aromatic heterocycles. The SMILES string of the molecule is N#CCC(=O)C[C@@H]1CC[C@@H](c2nnc3cnc4[nH]ccc4n23)C1. The minimum Gasteiger partial charge on any atom is -0.345 e. The largest absolute Gasteiger partial charge is 0.345 e. The molecule has 0 spiro atoms. The van der Waals surface area contributed by atoms with E-state index in [2.05, 4.69) is 24.6 Å². The summed E-state index contributed by atoms with van der Waals surface area (Å²) in [5.41, 5.74) is 2.54. The van der Waals surface area contributed by atoms with Gasteiger partial charge in [0.1, 0.15) is 11.6 Å². The zero-order valence-corrected chi connectivity index (χ0v) is 12.6. The summed E-state index contributed by atoms with van der Waals surface area (Å²) < 4.78 is 2.06. The zero-order valence-electron chi connectivity index (χ0n) is 12.6. The van der Waals surface area contributed by atoms with Crippen molar-refractivity contribution >= 4 is 22.6 Å². The molecule has 4 rings (SSSR count). The van der Waals surface area contributed by atoms with Crippen LogP contribution in [0.2, 0.25) is 0 Å². The van der Waals surface area contributed by atoms with Crippen molar-refractivity contribution in [3.05, 3.63) is 24.3 Å². The van der Waals surface area contributed by atoms with Gasteiger partial charge < -0.3 is 4.98 Å². The normalized spacial score (nSPS) is 21.0. The molecule has 0 aliphatic heterocycles. The van der Waals surface area contributed by atoms with Gasteiger partial charge in [0.15, 0.2) is 11.3 Å². The Morgan fingerprint density at radius 2 is 2.35 bits per heavy atom. The van der Waals surface area contributed by atoms with E-state index in [0.717, 1.165) is 41.9 Å². The number of carbonyl (C=O) groups is 1. The van der Waals surface area contributed by atoms with E-state index in [9.17, 15) is 4.79 Å². The first-order valence-electron chi connectivity index (χ1n) is 7.82. The van der Waals surface area contributed by atoms with Crippen molar-refractivity contribution in [1.29, 1.82) is 5.26 Å². The van der Waals surface area contributed by atoms with Crippen LogP contribution in [0.25, 0.3) is 16.8 Å². The Labute approximate surface area is 132 Å². The lowest BCUT2D eigenvalue weighted by molar-refractivity contribution is -0.119. The maximum atomic E-state index is 11.7. The molecule has 3 aromatic rings. The van der Waals surface area contributed by atoms with Crippen molar-refractivity contribution in [3.8, 4) is 6.07 Å². The molecule has 3 heterocycles. The molecule has 0 aromatic carbocycles. The highest BCUT2D eigenvalue weighted by molar-refractivity contribution is 5.80. The van der Waals surface area contributed by atoms with E-state index in [1.807, 2.05) is 18.3 Å². The van der Waals surface area contributed by atoms with Crippen molar-refractivity contribution in [1.82, 2.24) is 24.6 Å². The van der Waals surface area contributed by atoms with Crippen LogP contribution in [0, 0.1) is 17.2 Å². The van der Waals surface area contributed by atoms with Gasteiger partial charge in [0, 0.05) is 18.5 Å². The maximum absolute atomic E-state index is 11.7. The molecule has 7 nitrogen and oxygen atoms in total. The maximum Gasteiger partial charge on any atom is 0.179 e. The fourth-order valence-corrected chi connectivity index (χ4v) is 3.64. The van der Waals surface area contributed by atoms with Crippen molar-refractivity contribution in [2.75, 3.05) is 0 Å². The molecular weight excluding hydrogens is 292 g/mol. The van der Waals surface area contributed by atoms with Gasteiger partial charge in [0.2, 0.25) is 0 Å². The third-order valence-corrected chi connectivity index (χ3v) is 4.67. The van der Waals surface area contributed by atoms with E-state index in [0.29, 0.717) is 18.3 Å². The quantitative estimate of drug-likeness (QED) is 0.797. The fourth-order valence-electron chi connectivity index (χ4n) is 3.64. The van der Waals surface area contributed by atoms with E-state index < -0.39 is 0 Å². The Morgan fingerprint density at radius 3 is 3.22 bits per heavy atom. The molecule has 1 fully saturated rings. The lowest BCUT2D eigenvalue weighted by Gasteiger charge is -2.09. The van der Waals surface area contributed by atoms with Gasteiger partial charge >= 0.3 is 0 Å². The van der Waals surface area contributed by atoms with Gasteiger partial charge in [0.05, 0.1) is 24.2 Å². The second-order valence-corrected chi connectivity index (χ2v) is 6.18. The van der Waals surface area contributed by atoms with Crippen LogP contribution < -0.4 is 0 Å². The number of hydrogen-bond donors (Lipinski definition) is 1. The number of nitriles is 1.